The van der Waals surface area contributed by atoms with Crippen LogP contribution in [0.1, 0.15) is 12.5 Å². The van der Waals surface area contributed by atoms with Crippen molar-refractivity contribution in [1.29, 1.82) is 0 Å². The molecule has 0 saturated carbocycles. The van der Waals surface area contributed by atoms with Crippen LogP contribution in [0.3, 0.4) is 0 Å². The molecular formula is C11H16N2O2. The van der Waals surface area contributed by atoms with Gasteiger partial charge in [0.15, 0.2) is 0 Å². The fourth-order valence-electron chi connectivity index (χ4n) is 1.14. The predicted octanol–water partition coefficient (Wildman–Crippen LogP) is 0.660. The molecule has 1 aromatic carbocycles. The fourth-order valence-corrected chi connectivity index (χ4v) is 1.14. The molecule has 0 spiro atoms. The lowest BCUT2D eigenvalue weighted by molar-refractivity contribution is -0.119. The smallest absolute Gasteiger partial charge is 0.234 e. The summed E-state index contributed by atoms with van der Waals surface area (Å²) in [5.74, 6) is 0.690. The number of carbonyl (C=O) groups is 1. The topological polar surface area (TPSA) is 64.3 Å². The standard InChI is InChI=1S/C11H16N2O2/c1-2-15-10-5-3-9(4-6-10)8-13-11(14)7-12/h3-6H,2,7-8,12H2,1H3,(H,13,14). The van der Waals surface area contributed by atoms with Crippen molar-refractivity contribution in [3.63, 3.8) is 0 Å². The molecule has 0 aromatic heterocycles. The maximum Gasteiger partial charge on any atom is 0.234 e. The van der Waals surface area contributed by atoms with Gasteiger partial charge in [-0.3, -0.25) is 4.79 Å². The molecule has 4 nitrogen and oxygen atoms in total. The van der Waals surface area contributed by atoms with Crippen LogP contribution in [0.15, 0.2) is 24.3 Å². The lowest BCUT2D eigenvalue weighted by Crippen LogP contribution is -2.29. The van der Waals surface area contributed by atoms with E-state index in [9.17, 15) is 4.79 Å². The van der Waals surface area contributed by atoms with Crippen LogP contribution in [0.2, 0.25) is 0 Å². The lowest BCUT2D eigenvalue weighted by Gasteiger charge is -2.05. The van der Waals surface area contributed by atoms with Gasteiger partial charge in [-0.2, -0.15) is 0 Å². The molecule has 1 amide bonds. The van der Waals surface area contributed by atoms with Gasteiger partial charge in [-0.25, -0.2) is 0 Å². The summed E-state index contributed by atoms with van der Waals surface area (Å²) in [6.45, 7) is 3.12. The second kappa shape index (κ2) is 6.03. The van der Waals surface area contributed by atoms with E-state index in [4.69, 9.17) is 10.5 Å². The van der Waals surface area contributed by atoms with Crippen molar-refractivity contribution in [2.45, 2.75) is 13.5 Å². The van der Waals surface area contributed by atoms with Gasteiger partial charge in [0, 0.05) is 6.54 Å². The van der Waals surface area contributed by atoms with Crippen molar-refractivity contribution in [2.24, 2.45) is 5.73 Å². The summed E-state index contributed by atoms with van der Waals surface area (Å²) in [6.07, 6.45) is 0. The molecule has 0 unspecified atom stereocenters. The third-order valence-corrected chi connectivity index (χ3v) is 1.91. The van der Waals surface area contributed by atoms with E-state index in [1.54, 1.807) is 0 Å². The molecule has 0 aliphatic carbocycles. The molecule has 0 saturated heterocycles. The van der Waals surface area contributed by atoms with Crippen LogP contribution >= 0.6 is 0 Å². The summed E-state index contributed by atoms with van der Waals surface area (Å²) < 4.78 is 5.30. The number of ether oxygens (including phenoxy) is 1. The molecule has 15 heavy (non-hydrogen) atoms. The highest BCUT2D eigenvalue weighted by molar-refractivity contribution is 5.77. The van der Waals surface area contributed by atoms with E-state index >= 15 is 0 Å². The van der Waals surface area contributed by atoms with E-state index in [0.717, 1.165) is 11.3 Å². The Morgan fingerprint density at radius 1 is 1.40 bits per heavy atom. The summed E-state index contributed by atoms with van der Waals surface area (Å²) in [5, 5.41) is 2.70. The zero-order valence-corrected chi connectivity index (χ0v) is 8.82. The van der Waals surface area contributed by atoms with Crippen molar-refractivity contribution in [2.75, 3.05) is 13.2 Å². The highest BCUT2D eigenvalue weighted by Crippen LogP contribution is 2.11. The van der Waals surface area contributed by atoms with Gasteiger partial charge in [0.05, 0.1) is 13.2 Å². The second-order valence-corrected chi connectivity index (χ2v) is 3.06. The second-order valence-electron chi connectivity index (χ2n) is 3.06. The van der Waals surface area contributed by atoms with Gasteiger partial charge in [-0.1, -0.05) is 12.1 Å². The number of nitrogens with one attached hydrogen (secondary N) is 1. The largest absolute Gasteiger partial charge is 0.494 e. The van der Waals surface area contributed by atoms with E-state index < -0.39 is 0 Å². The van der Waals surface area contributed by atoms with Gasteiger partial charge in [0.25, 0.3) is 0 Å². The number of hydrogen-bond donors (Lipinski definition) is 2. The van der Waals surface area contributed by atoms with Gasteiger partial charge in [0.1, 0.15) is 5.75 Å². The number of amides is 1. The van der Waals surface area contributed by atoms with Gasteiger partial charge in [-0.05, 0) is 24.6 Å². The molecule has 0 aliphatic rings. The third kappa shape index (κ3) is 3.99. The first-order chi connectivity index (χ1) is 7.26. The van der Waals surface area contributed by atoms with Crippen LogP contribution in [-0.2, 0) is 11.3 Å². The van der Waals surface area contributed by atoms with Crippen molar-refractivity contribution in [3.8, 4) is 5.75 Å². The van der Waals surface area contributed by atoms with Crippen molar-refractivity contribution in [1.82, 2.24) is 5.32 Å². The number of rotatable bonds is 5. The number of hydrogen-bond acceptors (Lipinski definition) is 3. The Bertz CT molecular complexity index is 309. The van der Waals surface area contributed by atoms with Gasteiger partial charge >= 0.3 is 0 Å². The zero-order chi connectivity index (χ0) is 11.1. The van der Waals surface area contributed by atoms with E-state index in [-0.39, 0.29) is 12.5 Å². The number of nitrogens with two attached hydrogens (primary N) is 1. The molecule has 3 N–H and O–H groups in total. The first-order valence-electron chi connectivity index (χ1n) is 4.94. The summed E-state index contributed by atoms with van der Waals surface area (Å²) in [5.41, 5.74) is 6.20. The first-order valence-corrected chi connectivity index (χ1v) is 4.94. The fraction of sp³-hybridized carbons (Fsp3) is 0.364. The van der Waals surface area contributed by atoms with Crippen LogP contribution in [0, 0.1) is 0 Å². The molecule has 0 heterocycles. The molecule has 0 bridgehead atoms. The Morgan fingerprint density at radius 3 is 2.60 bits per heavy atom. The Morgan fingerprint density at radius 2 is 2.07 bits per heavy atom. The zero-order valence-electron chi connectivity index (χ0n) is 8.82. The Hall–Kier alpha value is -1.55. The predicted molar refractivity (Wildman–Crippen MR) is 58.5 cm³/mol. The van der Waals surface area contributed by atoms with E-state index in [0.29, 0.717) is 13.2 Å². The molecule has 0 radical (unpaired) electrons. The average molecular weight is 208 g/mol. The normalized spacial score (nSPS) is 9.73. The SMILES string of the molecule is CCOc1ccc(CNC(=O)CN)cc1. The van der Waals surface area contributed by atoms with Crippen LogP contribution in [0.25, 0.3) is 0 Å². The summed E-state index contributed by atoms with van der Waals surface area (Å²) in [4.78, 5) is 10.9. The molecule has 4 heteroatoms. The maximum absolute atomic E-state index is 10.9. The Kier molecular flexibility index (Phi) is 4.63. The lowest BCUT2D eigenvalue weighted by atomic mass is 10.2. The molecular weight excluding hydrogens is 192 g/mol. The summed E-state index contributed by atoms with van der Waals surface area (Å²) in [6, 6.07) is 7.60. The van der Waals surface area contributed by atoms with Crippen LogP contribution < -0.4 is 15.8 Å². The molecule has 0 aliphatic heterocycles. The first kappa shape index (κ1) is 11.5. The minimum atomic E-state index is -0.149. The molecule has 0 fully saturated rings. The van der Waals surface area contributed by atoms with Crippen molar-refractivity contribution >= 4 is 5.91 Å². The van der Waals surface area contributed by atoms with Gasteiger partial charge in [0.2, 0.25) is 5.91 Å². The van der Waals surface area contributed by atoms with Crippen LogP contribution in [0.5, 0.6) is 5.75 Å². The van der Waals surface area contributed by atoms with Crippen molar-refractivity contribution in [3.05, 3.63) is 29.8 Å². The quantitative estimate of drug-likeness (QED) is 0.747. The Balaban J connectivity index is 2.45. The third-order valence-electron chi connectivity index (χ3n) is 1.91. The molecule has 1 aromatic rings. The monoisotopic (exact) mass is 208 g/mol. The summed E-state index contributed by atoms with van der Waals surface area (Å²) in [7, 11) is 0. The Labute approximate surface area is 89.4 Å². The van der Waals surface area contributed by atoms with Crippen molar-refractivity contribution < 1.29 is 9.53 Å². The average Bonchev–Trinajstić information content (AvgIpc) is 2.28. The van der Waals surface area contributed by atoms with Gasteiger partial charge < -0.3 is 15.8 Å². The molecule has 82 valence electrons. The molecule has 1 rings (SSSR count). The van der Waals surface area contributed by atoms with E-state index in [1.807, 2.05) is 31.2 Å². The maximum atomic E-state index is 10.9. The summed E-state index contributed by atoms with van der Waals surface area (Å²) >= 11 is 0. The minimum Gasteiger partial charge on any atom is -0.494 e. The van der Waals surface area contributed by atoms with Crippen LogP contribution in [-0.4, -0.2) is 19.1 Å². The molecule has 0 atom stereocenters. The number of benzene rings is 1. The van der Waals surface area contributed by atoms with Gasteiger partial charge in [-0.15, -0.1) is 0 Å². The van der Waals surface area contributed by atoms with E-state index in [2.05, 4.69) is 5.32 Å². The minimum absolute atomic E-state index is 0.0248. The van der Waals surface area contributed by atoms with Crippen LogP contribution in [0.4, 0.5) is 0 Å². The highest BCUT2D eigenvalue weighted by Gasteiger charge is 1.98. The van der Waals surface area contributed by atoms with E-state index in [1.165, 1.54) is 0 Å². The number of carbonyl (C=O) groups excluding carboxylic acids is 1. The highest BCUT2D eigenvalue weighted by atomic mass is 16.5.